The van der Waals surface area contributed by atoms with E-state index in [9.17, 15) is 9.90 Å². The number of nitriles is 1. The fourth-order valence-corrected chi connectivity index (χ4v) is 5.44. The van der Waals surface area contributed by atoms with E-state index in [4.69, 9.17) is 41.4 Å². The summed E-state index contributed by atoms with van der Waals surface area (Å²) in [6.45, 7) is 3.05. The normalized spacial score (nSPS) is 23.7. The van der Waals surface area contributed by atoms with E-state index in [2.05, 4.69) is 25.7 Å². The Labute approximate surface area is 216 Å². The molecule has 35 heavy (non-hydrogen) atoms. The molecule has 3 N–H and O–H groups in total. The fourth-order valence-electron chi connectivity index (χ4n) is 3.62. The van der Waals surface area contributed by atoms with Gasteiger partial charge in [0.25, 0.3) is 0 Å². The number of aliphatic hydroxyl groups is 1. The second-order valence-electron chi connectivity index (χ2n) is 8.18. The van der Waals surface area contributed by atoms with Crippen LogP contribution >= 0.6 is 23.1 Å². The van der Waals surface area contributed by atoms with Crippen LogP contribution in [0, 0.1) is 11.3 Å². The van der Waals surface area contributed by atoms with Crippen molar-refractivity contribution >= 4 is 71.3 Å². The van der Waals surface area contributed by atoms with Crippen LogP contribution in [0.5, 0.6) is 0 Å². The average Bonchev–Trinajstić information content (AvgIpc) is 3.13. The van der Waals surface area contributed by atoms with Crippen LogP contribution in [0.2, 0.25) is 0 Å². The zero-order chi connectivity index (χ0) is 25.3. The molecule has 16 heteroatoms. The van der Waals surface area contributed by atoms with Gasteiger partial charge in [0.05, 0.1) is 22.8 Å². The number of nitrogens with one attached hydrogen (secondary N) is 2. The van der Waals surface area contributed by atoms with Gasteiger partial charge in [-0.3, -0.25) is 15.1 Å². The molecule has 3 heterocycles. The van der Waals surface area contributed by atoms with Crippen molar-refractivity contribution in [1.29, 1.82) is 5.26 Å². The molecule has 0 spiro atoms. The number of thioether (sulfide) groups is 1. The zero-order valence-corrected chi connectivity index (χ0v) is 20.3. The van der Waals surface area contributed by atoms with Gasteiger partial charge in [-0.15, -0.1) is 10.2 Å². The lowest BCUT2D eigenvalue weighted by atomic mass is 9.50. The lowest BCUT2D eigenvalue weighted by Gasteiger charge is -2.46. The summed E-state index contributed by atoms with van der Waals surface area (Å²) in [5.41, 5.74) is -2.62. The lowest BCUT2D eigenvalue weighted by molar-refractivity contribution is -0.0864. The van der Waals surface area contributed by atoms with Gasteiger partial charge in [0.2, 0.25) is 5.13 Å². The van der Waals surface area contributed by atoms with Crippen molar-refractivity contribution in [3.63, 3.8) is 0 Å². The first kappa shape index (κ1) is 26.1. The minimum Gasteiger partial charge on any atom is -0.391 e. The minimum atomic E-state index is -1.97. The van der Waals surface area contributed by atoms with Crippen molar-refractivity contribution in [2.24, 2.45) is 0 Å². The minimum absolute atomic E-state index is 0.378. The van der Waals surface area contributed by atoms with Crippen molar-refractivity contribution < 1.29 is 14.6 Å². The van der Waals surface area contributed by atoms with Crippen LogP contribution < -0.4 is 10.6 Å². The summed E-state index contributed by atoms with van der Waals surface area (Å²) < 4.78 is 5.79. The number of epoxide rings is 1. The van der Waals surface area contributed by atoms with Crippen LogP contribution in [-0.2, 0) is 4.74 Å². The maximum absolute atomic E-state index is 12.1. The molecule has 2 saturated heterocycles. The van der Waals surface area contributed by atoms with Gasteiger partial charge < -0.3 is 15.2 Å². The van der Waals surface area contributed by atoms with E-state index >= 15 is 0 Å². The summed E-state index contributed by atoms with van der Waals surface area (Å²) in [6.07, 6.45) is 0. The summed E-state index contributed by atoms with van der Waals surface area (Å²) in [6, 6.07) is 8.10. The van der Waals surface area contributed by atoms with E-state index in [0.29, 0.717) is 42.6 Å². The summed E-state index contributed by atoms with van der Waals surface area (Å²) in [5.74, 6) is 0.762. The van der Waals surface area contributed by atoms with Crippen molar-refractivity contribution in [3.05, 3.63) is 29.8 Å². The van der Waals surface area contributed by atoms with E-state index in [1.54, 1.807) is 29.2 Å². The highest BCUT2D eigenvalue weighted by molar-refractivity contribution is 8.01. The SMILES string of the molecule is [B]C1([B])OC1([B])C([B])(O)N1CCN(CCSc2nnc(NC(=O)Nc3ccc(C#N)cc3)s2)CC1. The molecular formula is C19H19B4N7O3S2. The molecule has 2 atom stereocenters. The van der Waals surface area contributed by atoms with E-state index < -0.39 is 22.6 Å². The van der Waals surface area contributed by atoms with E-state index in [0.717, 1.165) is 16.6 Å². The molecule has 0 aliphatic carbocycles. The second kappa shape index (κ2) is 10.2. The summed E-state index contributed by atoms with van der Waals surface area (Å²) in [7, 11) is 23.3. The molecule has 2 amide bonds. The number of carbonyl (C=O) groups excluding carboxylic acids is 1. The standard InChI is InChI=1S/C19H19B4N7O3S2/c20-17(18(21,22)33-17)19(23,32)30-7-5-29(6-8-30)9-10-34-16-28-27-15(35-16)26-14(31)25-13-3-1-12(11-24)2-4-13/h1-4,32H,5-10H2,(H2,25,26,27,31). The number of piperazine rings is 1. The maximum atomic E-state index is 12.1. The molecular weight excluding hydrogens is 482 g/mol. The summed E-state index contributed by atoms with van der Waals surface area (Å²) >= 11 is 2.81. The predicted molar refractivity (Wildman–Crippen MR) is 137 cm³/mol. The van der Waals surface area contributed by atoms with Gasteiger partial charge in [0.1, 0.15) is 31.4 Å². The molecule has 2 aliphatic rings. The third-order valence-corrected chi connectivity index (χ3v) is 7.75. The number of ether oxygens (including phenoxy) is 1. The van der Waals surface area contributed by atoms with E-state index in [1.165, 1.54) is 23.1 Å². The van der Waals surface area contributed by atoms with Gasteiger partial charge in [0, 0.05) is 49.6 Å². The highest BCUT2D eigenvalue weighted by Gasteiger charge is 2.67. The largest absolute Gasteiger partial charge is 0.391 e. The molecule has 4 rings (SSSR count). The average molecular weight is 501 g/mol. The molecule has 0 saturated carbocycles. The van der Waals surface area contributed by atoms with Crippen molar-refractivity contribution in [2.45, 2.75) is 20.9 Å². The predicted octanol–water partition coefficient (Wildman–Crippen LogP) is -0.536. The Balaban J connectivity index is 1.17. The fraction of sp³-hybridized carbons (Fsp3) is 0.474. The Morgan fingerprint density at radius 1 is 1.23 bits per heavy atom. The number of urea groups is 1. The molecule has 8 radical (unpaired) electrons. The Morgan fingerprint density at radius 3 is 2.49 bits per heavy atom. The van der Waals surface area contributed by atoms with Crippen molar-refractivity contribution in [3.8, 4) is 6.07 Å². The van der Waals surface area contributed by atoms with Crippen LogP contribution in [-0.4, -0.2) is 118 Å². The molecule has 2 fully saturated rings. The van der Waals surface area contributed by atoms with Crippen LogP contribution in [0.3, 0.4) is 0 Å². The van der Waals surface area contributed by atoms with Gasteiger partial charge in [-0.05, 0) is 24.3 Å². The van der Waals surface area contributed by atoms with Crippen LogP contribution in [0.1, 0.15) is 5.56 Å². The first-order valence-corrected chi connectivity index (χ1v) is 12.4. The topological polar surface area (TPSA) is 130 Å². The molecule has 10 nitrogen and oxygen atoms in total. The molecule has 172 valence electrons. The molecule has 1 aromatic heterocycles. The molecule has 2 aliphatic heterocycles. The molecule has 2 aromatic rings. The highest BCUT2D eigenvalue weighted by Crippen LogP contribution is 2.48. The first-order chi connectivity index (χ1) is 16.5. The Bertz CT molecular complexity index is 1110. The van der Waals surface area contributed by atoms with Gasteiger partial charge in [-0.25, -0.2) is 4.79 Å². The quantitative estimate of drug-likeness (QED) is 0.189. The van der Waals surface area contributed by atoms with Gasteiger partial charge in [0.15, 0.2) is 4.34 Å². The number of anilines is 2. The third kappa shape index (κ3) is 5.71. The van der Waals surface area contributed by atoms with Gasteiger partial charge in [-0.1, -0.05) is 23.1 Å². The van der Waals surface area contributed by atoms with Crippen molar-refractivity contribution in [2.75, 3.05) is 49.1 Å². The highest BCUT2D eigenvalue weighted by atomic mass is 32.2. The number of hydrogen-bond acceptors (Lipinski definition) is 10. The molecule has 0 bridgehead atoms. The smallest absolute Gasteiger partial charge is 0.325 e. The van der Waals surface area contributed by atoms with Crippen LogP contribution in [0.15, 0.2) is 28.6 Å². The number of benzene rings is 1. The van der Waals surface area contributed by atoms with Gasteiger partial charge in [-0.2, -0.15) is 5.26 Å². The Kier molecular flexibility index (Phi) is 7.57. The maximum Gasteiger partial charge on any atom is 0.325 e. The lowest BCUT2D eigenvalue weighted by Crippen LogP contribution is -2.66. The summed E-state index contributed by atoms with van der Waals surface area (Å²) in [5, 5.41) is 31.6. The second-order valence-corrected chi connectivity index (χ2v) is 10.5. The van der Waals surface area contributed by atoms with E-state index in [-0.39, 0.29) is 0 Å². The Morgan fingerprint density at radius 2 is 1.89 bits per heavy atom. The molecule has 1 aromatic carbocycles. The number of amides is 2. The zero-order valence-electron chi connectivity index (χ0n) is 18.7. The molecule has 2 unspecified atom stereocenters. The van der Waals surface area contributed by atoms with Crippen LogP contribution in [0.25, 0.3) is 0 Å². The number of aromatic nitrogens is 2. The van der Waals surface area contributed by atoms with E-state index in [1.807, 2.05) is 6.07 Å². The summed E-state index contributed by atoms with van der Waals surface area (Å²) in [4.78, 5) is 16.0. The van der Waals surface area contributed by atoms with Crippen LogP contribution in [0.4, 0.5) is 15.6 Å². The number of carbonyl (C=O) groups is 1. The first-order valence-electron chi connectivity index (χ1n) is 10.6. The van der Waals surface area contributed by atoms with Gasteiger partial charge >= 0.3 is 6.03 Å². The third-order valence-electron chi connectivity index (χ3n) is 5.80. The van der Waals surface area contributed by atoms with Crippen molar-refractivity contribution in [1.82, 2.24) is 20.0 Å². The Hall–Kier alpha value is -2.01. The number of hydrogen-bond donors (Lipinski definition) is 3. The number of nitrogens with zero attached hydrogens (tertiary/aromatic N) is 5. The number of rotatable bonds is 8. The monoisotopic (exact) mass is 501 g/mol.